The average molecular weight is 309 g/mol. The summed E-state index contributed by atoms with van der Waals surface area (Å²) in [6.07, 6.45) is 6.41. The highest BCUT2D eigenvalue weighted by Crippen LogP contribution is 2.39. The molecule has 2 rings (SSSR count). The Balaban J connectivity index is 1.89. The van der Waals surface area contributed by atoms with Crippen LogP contribution in [0, 0.1) is 12.8 Å². The SMILES string of the molecule is Cc1ccnc(SCCC2CCCC2(CO)NC(C)C)n1. The van der Waals surface area contributed by atoms with E-state index in [0.29, 0.717) is 12.0 Å². The zero-order valence-corrected chi connectivity index (χ0v) is 14.1. The van der Waals surface area contributed by atoms with Gasteiger partial charge >= 0.3 is 0 Å². The summed E-state index contributed by atoms with van der Waals surface area (Å²) in [6, 6.07) is 2.33. The summed E-state index contributed by atoms with van der Waals surface area (Å²) in [4.78, 5) is 8.72. The fourth-order valence-corrected chi connectivity index (χ4v) is 4.30. The third-order valence-corrected chi connectivity index (χ3v) is 5.18. The Morgan fingerprint density at radius 3 is 3.00 bits per heavy atom. The number of thioether (sulfide) groups is 1. The highest BCUT2D eigenvalue weighted by atomic mass is 32.2. The summed E-state index contributed by atoms with van der Waals surface area (Å²) >= 11 is 1.72. The van der Waals surface area contributed by atoms with Crippen molar-refractivity contribution in [3.8, 4) is 0 Å². The van der Waals surface area contributed by atoms with Crippen LogP contribution in [0.5, 0.6) is 0 Å². The molecule has 5 heteroatoms. The Morgan fingerprint density at radius 1 is 1.52 bits per heavy atom. The highest BCUT2D eigenvalue weighted by Gasteiger charge is 2.42. The summed E-state index contributed by atoms with van der Waals surface area (Å²) in [6.45, 7) is 6.54. The molecule has 0 aliphatic heterocycles. The second-order valence-electron chi connectivity index (χ2n) is 6.32. The van der Waals surface area contributed by atoms with E-state index in [1.54, 1.807) is 11.8 Å². The number of rotatable bonds is 7. The minimum Gasteiger partial charge on any atom is -0.394 e. The minimum atomic E-state index is -0.0812. The number of aryl methyl sites for hydroxylation is 1. The van der Waals surface area contributed by atoms with Crippen molar-refractivity contribution in [1.29, 1.82) is 0 Å². The number of hydrogen-bond acceptors (Lipinski definition) is 5. The molecule has 2 N–H and O–H groups in total. The monoisotopic (exact) mass is 309 g/mol. The average Bonchev–Trinajstić information content (AvgIpc) is 2.82. The molecule has 1 saturated carbocycles. The third-order valence-electron chi connectivity index (χ3n) is 4.29. The van der Waals surface area contributed by atoms with Crippen LogP contribution < -0.4 is 5.32 Å². The van der Waals surface area contributed by atoms with Crippen LogP contribution in [-0.4, -0.2) is 39.0 Å². The molecule has 1 aromatic heterocycles. The van der Waals surface area contributed by atoms with E-state index in [0.717, 1.165) is 29.4 Å². The third kappa shape index (κ3) is 4.41. The second kappa shape index (κ2) is 7.56. The maximum atomic E-state index is 9.89. The lowest BCUT2D eigenvalue weighted by atomic mass is 9.85. The first-order valence-electron chi connectivity index (χ1n) is 7.87. The molecule has 1 aliphatic carbocycles. The Kier molecular flexibility index (Phi) is 6.02. The summed E-state index contributed by atoms with van der Waals surface area (Å²) in [5, 5.41) is 14.4. The van der Waals surface area contributed by atoms with E-state index in [2.05, 4.69) is 29.1 Å². The van der Waals surface area contributed by atoms with Crippen molar-refractivity contribution in [1.82, 2.24) is 15.3 Å². The summed E-state index contributed by atoms with van der Waals surface area (Å²) in [5.74, 6) is 1.55. The number of aromatic nitrogens is 2. The van der Waals surface area contributed by atoms with Crippen molar-refractivity contribution in [2.45, 2.75) is 63.2 Å². The molecule has 2 unspecified atom stereocenters. The van der Waals surface area contributed by atoms with Gasteiger partial charge in [0.2, 0.25) is 0 Å². The van der Waals surface area contributed by atoms with Gasteiger partial charge in [-0.05, 0) is 38.2 Å². The maximum absolute atomic E-state index is 9.89. The Labute approximate surface area is 132 Å². The number of hydrogen-bond donors (Lipinski definition) is 2. The molecule has 4 nitrogen and oxygen atoms in total. The van der Waals surface area contributed by atoms with Crippen LogP contribution in [0.3, 0.4) is 0 Å². The van der Waals surface area contributed by atoms with Crippen LogP contribution in [0.4, 0.5) is 0 Å². The van der Waals surface area contributed by atoms with E-state index < -0.39 is 0 Å². The van der Waals surface area contributed by atoms with E-state index in [4.69, 9.17) is 0 Å². The van der Waals surface area contributed by atoms with Gasteiger partial charge in [0.05, 0.1) is 6.61 Å². The molecule has 0 spiro atoms. The lowest BCUT2D eigenvalue weighted by molar-refractivity contribution is 0.113. The first-order valence-corrected chi connectivity index (χ1v) is 8.85. The Bertz CT molecular complexity index is 455. The highest BCUT2D eigenvalue weighted by molar-refractivity contribution is 7.99. The van der Waals surface area contributed by atoms with E-state index in [-0.39, 0.29) is 12.1 Å². The fraction of sp³-hybridized carbons (Fsp3) is 0.750. The molecular formula is C16H27N3OS. The molecule has 1 heterocycles. The second-order valence-corrected chi connectivity index (χ2v) is 7.38. The van der Waals surface area contributed by atoms with E-state index in [9.17, 15) is 5.11 Å². The molecule has 118 valence electrons. The molecule has 1 fully saturated rings. The predicted octanol–water partition coefficient (Wildman–Crippen LogP) is 2.80. The van der Waals surface area contributed by atoms with Gasteiger partial charge in [-0.3, -0.25) is 0 Å². The smallest absolute Gasteiger partial charge is 0.187 e. The molecular weight excluding hydrogens is 282 g/mol. The number of nitrogens with one attached hydrogen (secondary N) is 1. The predicted molar refractivity (Wildman–Crippen MR) is 87.5 cm³/mol. The first-order chi connectivity index (χ1) is 10.1. The van der Waals surface area contributed by atoms with E-state index in [1.807, 2.05) is 19.2 Å². The summed E-state index contributed by atoms with van der Waals surface area (Å²) < 4.78 is 0. The van der Waals surface area contributed by atoms with Crippen LogP contribution in [0.15, 0.2) is 17.4 Å². The molecule has 0 aromatic carbocycles. The van der Waals surface area contributed by atoms with Crippen LogP contribution >= 0.6 is 11.8 Å². The van der Waals surface area contributed by atoms with Gasteiger partial charge in [-0.15, -0.1) is 0 Å². The quantitative estimate of drug-likeness (QED) is 0.599. The molecule has 1 aliphatic rings. The number of nitrogens with zero attached hydrogens (tertiary/aromatic N) is 2. The molecule has 1 aromatic rings. The maximum Gasteiger partial charge on any atom is 0.187 e. The Morgan fingerprint density at radius 2 is 2.33 bits per heavy atom. The van der Waals surface area contributed by atoms with Crippen LogP contribution in [-0.2, 0) is 0 Å². The molecule has 0 radical (unpaired) electrons. The molecule has 0 bridgehead atoms. The van der Waals surface area contributed by atoms with Crippen molar-refractivity contribution >= 4 is 11.8 Å². The lowest BCUT2D eigenvalue weighted by Gasteiger charge is -2.37. The van der Waals surface area contributed by atoms with Crippen LogP contribution in [0.1, 0.15) is 45.2 Å². The Hall–Kier alpha value is -0.650. The van der Waals surface area contributed by atoms with Gasteiger partial charge in [-0.1, -0.05) is 32.0 Å². The lowest BCUT2D eigenvalue weighted by Crippen LogP contribution is -2.54. The standard InChI is InChI=1S/C16H27N3OS/c1-12(2)19-16(11-20)8-4-5-14(16)7-10-21-15-17-9-6-13(3)18-15/h6,9,12,14,19-20H,4-5,7-8,10-11H2,1-3H3. The fourth-order valence-electron chi connectivity index (χ4n) is 3.37. The van der Waals surface area contributed by atoms with Crippen molar-refractivity contribution in [3.63, 3.8) is 0 Å². The van der Waals surface area contributed by atoms with Gasteiger partial charge in [-0.2, -0.15) is 0 Å². The zero-order valence-electron chi connectivity index (χ0n) is 13.3. The van der Waals surface area contributed by atoms with Crippen molar-refractivity contribution in [2.75, 3.05) is 12.4 Å². The van der Waals surface area contributed by atoms with Crippen molar-refractivity contribution in [2.24, 2.45) is 5.92 Å². The normalized spacial score (nSPS) is 25.7. The molecule has 0 amide bonds. The van der Waals surface area contributed by atoms with Crippen LogP contribution in [0.2, 0.25) is 0 Å². The summed E-state index contributed by atoms with van der Waals surface area (Å²) in [5.41, 5.74) is 0.932. The van der Waals surface area contributed by atoms with Crippen molar-refractivity contribution in [3.05, 3.63) is 18.0 Å². The molecule has 0 saturated heterocycles. The van der Waals surface area contributed by atoms with Crippen LogP contribution in [0.25, 0.3) is 0 Å². The van der Waals surface area contributed by atoms with Gasteiger partial charge in [0.1, 0.15) is 0 Å². The molecule has 2 atom stereocenters. The minimum absolute atomic E-state index is 0.0812. The van der Waals surface area contributed by atoms with Gasteiger partial charge in [0, 0.05) is 29.2 Å². The topological polar surface area (TPSA) is 58.0 Å². The number of aliphatic hydroxyl groups excluding tert-OH is 1. The molecule has 21 heavy (non-hydrogen) atoms. The van der Waals surface area contributed by atoms with E-state index >= 15 is 0 Å². The van der Waals surface area contributed by atoms with Gasteiger partial charge < -0.3 is 10.4 Å². The van der Waals surface area contributed by atoms with Gasteiger partial charge in [0.15, 0.2) is 5.16 Å². The first kappa shape index (κ1) is 16.7. The van der Waals surface area contributed by atoms with Crippen molar-refractivity contribution < 1.29 is 5.11 Å². The van der Waals surface area contributed by atoms with Gasteiger partial charge in [0.25, 0.3) is 0 Å². The zero-order chi connectivity index (χ0) is 15.3. The van der Waals surface area contributed by atoms with Gasteiger partial charge in [-0.25, -0.2) is 9.97 Å². The summed E-state index contributed by atoms with van der Waals surface area (Å²) in [7, 11) is 0. The largest absolute Gasteiger partial charge is 0.394 e. The van der Waals surface area contributed by atoms with E-state index in [1.165, 1.54) is 12.8 Å². The number of aliphatic hydroxyl groups is 1.